The average Bonchev–Trinajstić information content (AvgIpc) is 3.12. The van der Waals surface area contributed by atoms with E-state index in [-0.39, 0.29) is 5.91 Å². The molecule has 0 atom stereocenters. The van der Waals surface area contributed by atoms with Crippen molar-refractivity contribution in [2.75, 3.05) is 39.3 Å². The molecule has 0 unspecified atom stereocenters. The lowest BCUT2D eigenvalue weighted by Gasteiger charge is -2.34. The van der Waals surface area contributed by atoms with Crippen LogP contribution >= 0.6 is 0 Å². The van der Waals surface area contributed by atoms with Gasteiger partial charge >= 0.3 is 0 Å². The summed E-state index contributed by atoms with van der Waals surface area (Å²) >= 11 is 0. The van der Waals surface area contributed by atoms with Crippen molar-refractivity contribution >= 4 is 5.91 Å². The first-order valence-corrected chi connectivity index (χ1v) is 7.02. The minimum absolute atomic E-state index is 0.217. The highest BCUT2D eigenvalue weighted by Crippen LogP contribution is 2.18. The minimum atomic E-state index is 0.217. The number of piperazine rings is 1. The Balaban J connectivity index is 1.59. The topological polar surface area (TPSA) is 35.6 Å². The first-order valence-electron chi connectivity index (χ1n) is 7.02. The van der Waals surface area contributed by atoms with E-state index in [4.69, 9.17) is 0 Å². The quantitative estimate of drug-likeness (QED) is 0.740. The van der Waals surface area contributed by atoms with Crippen molar-refractivity contribution in [1.29, 1.82) is 0 Å². The van der Waals surface area contributed by atoms with Gasteiger partial charge in [-0.3, -0.25) is 9.69 Å². The summed E-state index contributed by atoms with van der Waals surface area (Å²) in [5, 5.41) is 3.05. The van der Waals surface area contributed by atoms with E-state index in [1.807, 2.05) is 0 Å². The normalized spacial score (nSPS) is 22.6. The highest BCUT2D eigenvalue weighted by Gasteiger charge is 2.25. The van der Waals surface area contributed by atoms with Crippen molar-refractivity contribution in [3.63, 3.8) is 0 Å². The van der Waals surface area contributed by atoms with E-state index in [2.05, 4.69) is 22.0 Å². The van der Waals surface area contributed by atoms with Crippen molar-refractivity contribution in [1.82, 2.24) is 15.1 Å². The van der Waals surface area contributed by atoms with Gasteiger partial charge in [0, 0.05) is 32.2 Å². The van der Waals surface area contributed by atoms with Crippen LogP contribution in [0.2, 0.25) is 0 Å². The Labute approximate surface area is 104 Å². The van der Waals surface area contributed by atoms with Crippen LogP contribution in [0.1, 0.15) is 32.6 Å². The van der Waals surface area contributed by atoms with Crippen molar-refractivity contribution < 1.29 is 4.79 Å². The maximum absolute atomic E-state index is 11.6. The molecule has 0 bridgehead atoms. The zero-order valence-corrected chi connectivity index (χ0v) is 11.0. The van der Waals surface area contributed by atoms with E-state index in [1.165, 1.54) is 32.2 Å². The summed E-state index contributed by atoms with van der Waals surface area (Å²) < 4.78 is 0. The molecule has 2 aliphatic rings. The van der Waals surface area contributed by atoms with E-state index in [1.54, 1.807) is 0 Å². The smallest absolute Gasteiger partial charge is 0.234 e. The molecule has 4 heteroatoms. The fourth-order valence-electron chi connectivity index (χ4n) is 2.26. The predicted octanol–water partition coefficient (Wildman–Crippen LogP) is 0.683. The van der Waals surface area contributed by atoms with Crippen LogP contribution in [-0.4, -0.2) is 61.0 Å². The van der Waals surface area contributed by atoms with Crippen LogP contribution in [0.3, 0.4) is 0 Å². The number of hydrogen-bond donors (Lipinski definition) is 1. The molecule has 0 spiro atoms. The molecule has 1 aliphatic carbocycles. The van der Waals surface area contributed by atoms with Crippen molar-refractivity contribution in [3.05, 3.63) is 0 Å². The standard InChI is InChI=1S/C13H25N3O/c1-2-3-6-15-7-9-16(10-8-15)11-13(17)14-12-4-5-12/h12H,2-11H2,1H3,(H,14,17). The summed E-state index contributed by atoms with van der Waals surface area (Å²) in [6.45, 7) is 8.38. The Bertz CT molecular complexity index is 245. The van der Waals surface area contributed by atoms with Crippen LogP contribution in [0.4, 0.5) is 0 Å². The van der Waals surface area contributed by atoms with Gasteiger partial charge in [-0.05, 0) is 25.8 Å². The van der Waals surface area contributed by atoms with Gasteiger partial charge in [-0.25, -0.2) is 0 Å². The van der Waals surface area contributed by atoms with Gasteiger partial charge in [-0.1, -0.05) is 13.3 Å². The van der Waals surface area contributed by atoms with Crippen LogP contribution in [0.5, 0.6) is 0 Å². The second-order valence-corrected chi connectivity index (χ2v) is 5.31. The lowest BCUT2D eigenvalue weighted by molar-refractivity contribution is -0.122. The molecule has 1 saturated carbocycles. The molecule has 0 aromatic heterocycles. The number of hydrogen-bond acceptors (Lipinski definition) is 3. The lowest BCUT2D eigenvalue weighted by Crippen LogP contribution is -2.49. The molecule has 17 heavy (non-hydrogen) atoms. The third-order valence-corrected chi connectivity index (χ3v) is 3.60. The summed E-state index contributed by atoms with van der Waals surface area (Å²) in [6, 6.07) is 0.494. The fraction of sp³-hybridized carbons (Fsp3) is 0.923. The van der Waals surface area contributed by atoms with Gasteiger partial charge in [0.15, 0.2) is 0 Å². The number of carbonyl (C=O) groups excluding carboxylic acids is 1. The van der Waals surface area contributed by atoms with Gasteiger partial charge in [-0.15, -0.1) is 0 Å². The zero-order chi connectivity index (χ0) is 12.1. The highest BCUT2D eigenvalue weighted by molar-refractivity contribution is 5.78. The van der Waals surface area contributed by atoms with Gasteiger partial charge in [0.25, 0.3) is 0 Å². The Morgan fingerprint density at radius 2 is 1.82 bits per heavy atom. The Morgan fingerprint density at radius 3 is 2.41 bits per heavy atom. The summed E-state index contributed by atoms with van der Waals surface area (Å²) in [5.74, 6) is 0.217. The summed E-state index contributed by atoms with van der Waals surface area (Å²) in [6.07, 6.45) is 4.92. The molecule has 4 nitrogen and oxygen atoms in total. The van der Waals surface area contributed by atoms with Crippen LogP contribution in [-0.2, 0) is 4.79 Å². The van der Waals surface area contributed by atoms with Crippen LogP contribution in [0, 0.1) is 0 Å². The van der Waals surface area contributed by atoms with E-state index in [0.29, 0.717) is 12.6 Å². The van der Waals surface area contributed by atoms with Gasteiger partial charge in [-0.2, -0.15) is 0 Å². The number of amides is 1. The van der Waals surface area contributed by atoms with Crippen LogP contribution in [0.15, 0.2) is 0 Å². The van der Waals surface area contributed by atoms with Crippen molar-refractivity contribution in [2.45, 2.75) is 38.6 Å². The van der Waals surface area contributed by atoms with Gasteiger partial charge < -0.3 is 10.2 Å². The minimum Gasteiger partial charge on any atom is -0.352 e. The van der Waals surface area contributed by atoms with Crippen molar-refractivity contribution in [3.8, 4) is 0 Å². The second kappa shape index (κ2) is 6.36. The molecule has 1 heterocycles. The number of nitrogens with zero attached hydrogens (tertiary/aromatic N) is 2. The summed E-state index contributed by atoms with van der Waals surface area (Å²) in [5.41, 5.74) is 0. The van der Waals surface area contributed by atoms with E-state index >= 15 is 0 Å². The average molecular weight is 239 g/mol. The summed E-state index contributed by atoms with van der Waals surface area (Å²) in [4.78, 5) is 16.4. The van der Waals surface area contributed by atoms with Crippen LogP contribution < -0.4 is 5.32 Å². The third-order valence-electron chi connectivity index (χ3n) is 3.60. The zero-order valence-electron chi connectivity index (χ0n) is 11.0. The second-order valence-electron chi connectivity index (χ2n) is 5.31. The first kappa shape index (κ1) is 12.8. The molecular weight excluding hydrogens is 214 g/mol. The molecule has 1 saturated heterocycles. The molecule has 0 aromatic carbocycles. The van der Waals surface area contributed by atoms with Gasteiger partial charge in [0.1, 0.15) is 0 Å². The molecule has 0 aromatic rings. The largest absolute Gasteiger partial charge is 0.352 e. The van der Waals surface area contributed by atoms with Crippen molar-refractivity contribution in [2.24, 2.45) is 0 Å². The van der Waals surface area contributed by atoms with E-state index in [9.17, 15) is 4.79 Å². The molecule has 1 amide bonds. The molecule has 1 aliphatic heterocycles. The van der Waals surface area contributed by atoms with Gasteiger partial charge in [0.05, 0.1) is 6.54 Å². The molecule has 2 rings (SSSR count). The maximum atomic E-state index is 11.6. The molecule has 0 radical (unpaired) electrons. The Hall–Kier alpha value is -0.610. The van der Waals surface area contributed by atoms with Gasteiger partial charge in [0.2, 0.25) is 5.91 Å². The fourth-order valence-corrected chi connectivity index (χ4v) is 2.26. The molecular formula is C13H25N3O. The molecule has 1 N–H and O–H groups in total. The number of carbonyl (C=O) groups is 1. The molecule has 98 valence electrons. The predicted molar refractivity (Wildman–Crippen MR) is 69.0 cm³/mol. The van der Waals surface area contributed by atoms with E-state index in [0.717, 1.165) is 26.2 Å². The maximum Gasteiger partial charge on any atom is 0.234 e. The Morgan fingerprint density at radius 1 is 1.18 bits per heavy atom. The van der Waals surface area contributed by atoms with E-state index < -0.39 is 0 Å². The number of rotatable bonds is 6. The third kappa shape index (κ3) is 4.64. The molecule has 2 fully saturated rings. The highest BCUT2D eigenvalue weighted by atomic mass is 16.2. The summed E-state index contributed by atoms with van der Waals surface area (Å²) in [7, 11) is 0. The SMILES string of the molecule is CCCCN1CCN(CC(=O)NC2CC2)CC1. The van der Waals surface area contributed by atoms with Crippen LogP contribution in [0.25, 0.3) is 0 Å². The lowest BCUT2D eigenvalue weighted by atomic mass is 10.2. The first-order chi connectivity index (χ1) is 8.28. The monoisotopic (exact) mass is 239 g/mol. The Kier molecular flexibility index (Phi) is 4.80. The number of nitrogens with one attached hydrogen (secondary N) is 1. The number of unbranched alkanes of at least 4 members (excludes halogenated alkanes) is 1.